The molecule has 0 N–H and O–H groups in total. The van der Waals surface area contributed by atoms with Crippen molar-refractivity contribution in [2.75, 3.05) is 0 Å². The predicted molar refractivity (Wildman–Crippen MR) is 155 cm³/mol. The van der Waals surface area contributed by atoms with E-state index in [1.165, 1.54) is 0 Å². The second-order valence-corrected chi connectivity index (χ2v) is 12.4. The zero-order valence-electron chi connectivity index (χ0n) is 25.5. The van der Waals surface area contributed by atoms with E-state index in [2.05, 4.69) is 15.0 Å². The van der Waals surface area contributed by atoms with Gasteiger partial charge in [-0.3, -0.25) is 0 Å². The van der Waals surface area contributed by atoms with Crippen LogP contribution in [0.2, 0.25) is 15.5 Å². The first kappa shape index (κ1) is 42.8. The molecule has 3 aromatic heterocycles. The number of nitrogens with zero attached hydrogens (tertiary/aromatic N) is 9. The zero-order chi connectivity index (χ0) is 39.8. The Labute approximate surface area is 297 Å². The van der Waals surface area contributed by atoms with Crippen LogP contribution in [0.3, 0.4) is 0 Å². The summed E-state index contributed by atoms with van der Waals surface area (Å²) in [5.74, 6) is -9.61. The molecule has 290 valence electrons. The summed E-state index contributed by atoms with van der Waals surface area (Å²) in [6.07, 6.45) is -20.9. The molecule has 0 saturated heterocycles. The van der Waals surface area contributed by atoms with E-state index in [0.717, 1.165) is 20.8 Å². The smallest absolute Gasteiger partial charge is 0.358 e. The van der Waals surface area contributed by atoms with E-state index in [0.29, 0.717) is 0 Å². The van der Waals surface area contributed by atoms with Crippen molar-refractivity contribution in [1.29, 1.82) is 0 Å². The number of nitro groups is 3. The van der Waals surface area contributed by atoms with Gasteiger partial charge in [-0.25, -0.2) is 0 Å². The van der Waals surface area contributed by atoms with Gasteiger partial charge in [0.05, 0.1) is 0 Å². The fourth-order valence-corrected chi connectivity index (χ4v) is 6.31. The van der Waals surface area contributed by atoms with E-state index in [9.17, 15) is 69.9 Å². The molecule has 0 amide bonds. The number of hydrogen-bond donors (Lipinski definition) is 0. The average molecular weight is 849 g/mol. The molecular weight excluding hydrogens is 831 g/mol. The van der Waals surface area contributed by atoms with Crippen molar-refractivity contribution < 1.29 is 67.9 Å². The van der Waals surface area contributed by atoms with Crippen molar-refractivity contribution in [3.05, 3.63) is 63.3 Å². The van der Waals surface area contributed by atoms with Gasteiger partial charge in [-0.15, -0.1) is 0 Å². The van der Waals surface area contributed by atoms with Crippen molar-refractivity contribution in [2.24, 2.45) is 0 Å². The summed E-state index contributed by atoms with van der Waals surface area (Å²) < 4.78 is 139. The fourth-order valence-electron chi connectivity index (χ4n) is 4.32. The SMILES string of the molecule is C[C@@H](Cn1c(C(F)(F)F)nc(Cl)c1[N+](=O)[O-])OP(O[C@@H](C)Cn1c(C(F)(F)F)nc(Cl)c1[N+](=O)[O-])O[C@@H](C)Cn1c(C(F)(F)F)nc(Cl)c1[N+](=O)[O-]. The molecule has 0 unspecified atom stereocenters. The minimum Gasteiger partial charge on any atom is -0.358 e. The largest absolute Gasteiger partial charge is 0.473 e. The molecule has 3 atom stereocenters. The molecule has 0 aliphatic heterocycles. The number of alkyl halides is 9. The average Bonchev–Trinajstić information content (AvgIpc) is 3.57. The Balaban J connectivity index is 2.02. The Bertz CT molecular complexity index is 1630. The number of rotatable bonds is 15. The monoisotopic (exact) mass is 847 g/mol. The molecule has 0 aromatic carbocycles. The van der Waals surface area contributed by atoms with Gasteiger partial charge in [0, 0.05) is 0 Å². The normalized spacial score (nSPS) is 14.5. The molecule has 0 saturated carbocycles. The van der Waals surface area contributed by atoms with Gasteiger partial charge in [0.15, 0.2) is 0 Å². The lowest BCUT2D eigenvalue weighted by Gasteiger charge is -2.25. The maximum Gasteiger partial charge on any atom is 0.473 e. The van der Waals surface area contributed by atoms with E-state index in [1.54, 1.807) is 0 Å². The third kappa shape index (κ3) is 9.87. The van der Waals surface area contributed by atoms with Crippen LogP contribution in [0.5, 0.6) is 0 Å². The number of halogens is 12. The van der Waals surface area contributed by atoms with Gasteiger partial charge in [-0.05, 0) is 35.5 Å². The first-order valence-electron chi connectivity index (χ1n) is 13.4. The summed E-state index contributed by atoms with van der Waals surface area (Å²) in [6, 6.07) is 0. The van der Waals surface area contributed by atoms with Crippen LogP contribution in [-0.2, 0) is 51.7 Å². The molecule has 18 nitrogen and oxygen atoms in total. The van der Waals surface area contributed by atoms with Gasteiger partial charge in [0.1, 0.15) is 37.9 Å². The molecule has 3 aromatic rings. The quantitative estimate of drug-likeness (QED) is 0.0619. The maximum atomic E-state index is 13.7. The van der Waals surface area contributed by atoms with Crippen LogP contribution < -0.4 is 0 Å². The molecule has 3 heterocycles. The standard InChI is InChI=1S/C21H18Cl3F9N9O9P/c1-7(4-37-13(40(43)44)10(22)34-16(37)19(25,26)27)49-52(50-8(2)5-38-14(41(45)46)11(23)35-17(38)20(28,29)30)51-9(3)6-39-15(42(47)48)12(24)36-18(39)21(31,32)33/h7-9H,4-6H2,1-3H3/t7-,8-,9-/m0/s1. The van der Waals surface area contributed by atoms with E-state index in [-0.39, 0.29) is 13.7 Å². The molecule has 52 heavy (non-hydrogen) atoms. The third-order valence-corrected chi connectivity index (χ3v) is 8.45. The minimum absolute atomic E-state index is 0.00765. The second kappa shape index (κ2) is 15.8. The van der Waals surface area contributed by atoms with Crippen molar-refractivity contribution >= 4 is 60.9 Å². The van der Waals surface area contributed by atoms with E-state index in [4.69, 9.17) is 48.4 Å². The molecule has 0 aliphatic carbocycles. The summed E-state index contributed by atoms with van der Waals surface area (Å²) in [7, 11) is -3.19. The Morgan fingerprint density at radius 3 is 0.962 bits per heavy atom. The minimum atomic E-state index is -5.31. The van der Waals surface area contributed by atoms with Crippen LogP contribution in [-0.4, -0.2) is 61.7 Å². The van der Waals surface area contributed by atoms with E-state index in [1.807, 2.05) is 0 Å². The Morgan fingerprint density at radius 1 is 0.577 bits per heavy atom. The van der Waals surface area contributed by atoms with Crippen molar-refractivity contribution in [1.82, 2.24) is 28.7 Å². The molecular formula is C21H18Cl3F9N9O9P. The van der Waals surface area contributed by atoms with Gasteiger partial charge in [-0.1, -0.05) is 34.8 Å². The topological polar surface area (TPSA) is 211 Å². The molecule has 0 radical (unpaired) electrons. The summed E-state index contributed by atoms with van der Waals surface area (Å²) in [6.45, 7) is -0.332. The summed E-state index contributed by atoms with van der Waals surface area (Å²) in [4.78, 5) is 39.4. The summed E-state index contributed by atoms with van der Waals surface area (Å²) in [5.41, 5.74) is 0. The first-order valence-corrected chi connectivity index (χ1v) is 15.6. The molecule has 0 fully saturated rings. The lowest BCUT2D eigenvalue weighted by molar-refractivity contribution is -0.392. The lowest BCUT2D eigenvalue weighted by atomic mass is 10.4. The molecule has 0 spiro atoms. The second-order valence-electron chi connectivity index (χ2n) is 10.2. The highest BCUT2D eigenvalue weighted by molar-refractivity contribution is 7.41. The number of imidazole rings is 3. The Kier molecular flexibility index (Phi) is 13.0. The number of hydrogen-bond acceptors (Lipinski definition) is 12. The highest BCUT2D eigenvalue weighted by Gasteiger charge is 2.48. The summed E-state index contributed by atoms with van der Waals surface area (Å²) in [5, 5.41) is 30.9. The third-order valence-electron chi connectivity index (χ3n) is 6.10. The first-order chi connectivity index (χ1) is 23.6. The van der Waals surface area contributed by atoms with Crippen LogP contribution in [0.1, 0.15) is 38.2 Å². The van der Waals surface area contributed by atoms with Crippen molar-refractivity contribution in [3.63, 3.8) is 0 Å². The highest BCUT2D eigenvalue weighted by Crippen LogP contribution is 2.46. The molecule has 0 bridgehead atoms. The summed E-state index contributed by atoms with van der Waals surface area (Å²) >= 11 is 16.6. The van der Waals surface area contributed by atoms with Gasteiger partial charge in [0.2, 0.25) is 15.5 Å². The molecule has 0 aliphatic rings. The molecule has 3 rings (SSSR count). The van der Waals surface area contributed by atoms with Crippen LogP contribution in [0, 0.1) is 30.3 Å². The van der Waals surface area contributed by atoms with Gasteiger partial charge < -0.3 is 43.9 Å². The predicted octanol–water partition coefficient (Wildman–Crippen LogP) is 7.86. The lowest BCUT2D eigenvalue weighted by Crippen LogP contribution is -2.26. The van der Waals surface area contributed by atoms with Gasteiger partial charge in [-0.2, -0.15) is 68.2 Å². The van der Waals surface area contributed by atoms with Gasteiger partial charge >= 0.3 is 62.1 Å². The highest BCUT2D eigenvalue weighted by atomic mass is 35.5. The Morgan fingerprint density at radius 2 is 0.788 bits per heavy atom. The van der Waals surface area contributed by atoms with Crippen LogP contribution in [0.25, 0.3) is 0 Å². The van der Waals surface area contributed by atoms with Gasteiger partial charge in [0.25, 0.3) is 0 Å². The van der Waals surface area contributed by atoms with Crippen molar-refractivity contribution in [3.8, 4) is 0 Å². The van der Waals surface area contributed by atoms with Crippen LogP contribution >= 0.6 is 43.4 Å². The molecule has 31 heteroatoms. The van der Waals surface area contributed by atoms with Crippen LogP contribution in [0.4, 0.5) is 57.0 Å². The maximum absolute atomic E-state index is 13.7. The van der Waals surface area contributed by atoms with E-state index >= 15 is 0 Å². The van der Waals surface area contributed by atoms with Crippen LogP contribution in [0.15, 0.2) is 0 Å². The van der Waals surface area contributed by atoms with E-state index < -0.39 is 130 Å². The Hall–Kier alpha value is -3.62. The number of aromatic nitrogens is 6. The zero-order valence-corrected chi connectivity index (χ0v) is 28.7. The fraction of sp³-hybridized carbons (Fsp3) is 0.571. The van der Waals surface area contributed by atoms with Crippen molar-refractivity contribution in [2.45, 2.75) is 77.2 Å².